The molecule has 0 bridgehead atoms. The van der Waals surface area contributed by atoms with Crippen LogP contribution in [0.25, 0.3) is 87.7 Å². The summed E-state index contributed by atoms with van der Waals surface area (Å²) in [4.78, 5) is 15.0. The van der Waals surface area contributed by atoms with Gasteiger partial charge in [-0.2, -0.15) is 0 Å². The van der Waals surface area contributed by atoms with Gasteiger partial charge in [0.2, 0.25) is 0 Å². The standard InChI is InChI=1S/C45H29N3S/c1-4-10-30(11-5-1)32-16-18-33(19-17-32)34-20-22-36(23-21-34)44-46-43(35-14-8-3-9-15-35)47-45(48-44)38-25-27-40-39-26-24-37(31-12-6-2-7-13-31)28-41(39)49-42(40)29-38/h1-29H. The molecule has 0 amide bonds. The second-order valence-electron chi connectivity index (χ2n) is 12.1. The highest BCUT2D eigenvalue weighted by Gasteiger charge is 2.15. The minimum Gasteiger partial charge on any atom is -0.208 e. The molecule has 49 heavy (non-hydrogen) atoms. The summed E-state index contributed by atoms with van der Waals surface area (Å²) in [5.41, 5.74) is 10.1. The number of nitrogens with zero attached hydrogens (tertiary/aromatic N) is 3. The molecule has 0 spiro atoms. The van der Waals surface area contributed by atoms with Gasteiger partial charge in [0.15, 0.2) is 17.5 Å². The van der Waals surface area contributed by atoms with Crippen molar-refractivity contribution in [1.82, 2.24) is 15.0 Å². The number of fused-ring (bicyclic) bond motifs is 3. The highest BCUT2D eigenvalue weighted by atomic mass is 32.1. The van der Waals surface area contributed by atoms with E-state index in [4.69, 9.17) is 15.0 Å². The molecule has 0 aliphatic heterocycles. The van der Waals surface area contributed by atoms with E-state index in [2.05, 4.69) is 140 Å². The first-order valence-electron chi connectivity index (χ1n) is 16.4. The Kier molecular flexibility index (Phi) is 7.34. The van der Waals surface area contributed by atoms with Crippen molar-refractivity contribution >= 4 is 31.5 Å². The van der Waals surface area contributed by atoms with Gasteiger partial charge in [0, 0.05) is 36.9 Å². The van der Waals surface area contributed by atoms with Crippen molar-refractivity contribution in [3.05, 3.63) is 176 Å². The summed E-state index contributed by atoms with van der Waals surface area (Å²) < 4.78 is 2.48. The molecule has 0 saturated heterocycles. The van der Waals surface area contributed by atoms with Crippen molar-refractivity contribution < 1.29 is 0 Å². The summed E-state index contributed by atoms with van der Waals surface area (Å²) in [5, 5.41) is 2.51. The lowest BCUT2D eigenvalue weighted by atomic mass is 9.99. The van der Waals surface area contributed by atoms with E-state index >= 15 is 0 Å². The van der Waals surface area contributed by atoms with Crippen LogP contribution in [0.5, 0.6) is 0 Å². The van der Waals surface area contributed by atoms with Gasteiger partial charge in [-0.15, -0.1) is 11.3 Å². The largest absolute Gasteiger partial charge is 0.208 e. The van der Waals surface area contributed by atoms with E-state index in [1.54, 1.807) is 0 Å². The molecule has 0 aliphatic carbocycles. The highest BCUT2D eigenvalue weighted by Crippen LogP contribution is 2.38. The smallest absolute Gasteiger partial charge is 0.164 e. The van der Waals surface area contributed by atoms with Gasteiger partial charge in [0.25, 0.3) is 0 Å². The van der Waals surface area contributed by atoms with E-state index in [9.17, 15) is 0 Å². The maximum atomic E-state index is 5.04. The fraction of sp³-hybridized carbons (Fsp3) is 0. The van der Waals surface area contributed by atoms with Crippen molar-refractivity contribution in [3.63, 3.8) is 0 Å². The van der Waals surface area contributed by atoms with E-state index in [0.717, 1.165) is 22.3 Å². The Labute approximate surface area is 288 Å². The number of hydrogen-bond donors (Lipinski definition) is 0. The molecule has 9 aromatic rings. The molecule has 2 aromatic heterocycles. The molecule has 230 valence electrons. The lowest BCUT2D eigenvalue weighted by Crippen LogP contribution is -2.00. The minimum atomic E-state index is 0.652. The summed E-state index contributed by atoms with van der Waals surface area (Å²) >= 11 is 1.81. The van der Waals surface area contributed by atoms with Crippen LogP contribution in [-0.2, 0) is 0 Å². The van der Waals surface area contributed by atoms with Crippen LogP contribution in [-0.4, -0.2) is 15.0 Å². The van der Waals surface area contributed by atoms with Crippen LogP contribution in [0.15, 0.2) is 176 Å². The van der Waals surface area contributed by atoms with Gasteiger partial charge in [0.1, 0.15) is 0 Å². The predicted molar refractivity (Wildman–Crippen MR) is 205 cm³/mol. The van der Waals surface area contributed by atoms with E-state index in [0.29, 0.717) is 17.5 Å². The molecule has 0 saturated carbocycles. The molecular weight excluding hydrogens is 615 g/mol. The van der Waals surface area contributed by atoms with Gasteiger partial charge >= 0.3 is 0 Å². The number of aromatic nitrogens is 3. The Morgan fingerprint density at radius 3 is 1.06 bits per heavy atom. The van der Waals surface area contributed by atoms with Crippen molar-refractivity contribution in [2.75, 3.05) is 0 Å². The summed E-state index contributed by atoms with van der Waals surface area (Å²) in [7, 11) is 0. The van der Waals surface area contributed by atoms with Crippen LogP contribution < -0.4 is 0 Å². The monoisotopic (exact) mass is 643 g/mol. The predicted octanol–water partition coefficient (Wildman–Crippen LogP) is 12.2. The molecule has 9 rings (SSSR count). The Bertz CT molecular complexity index is 2560. The molecule has 0 aliphatic rings. The Morgan fingerprint density at radius 1 is 0.265 bits per heavy atom. The Hall–Kier alpha value is -6.23. The van der Waals surface area contributed by atoms with Crippen LogP contribution in [0.4, 0.5) is 0 Å². The van der Waals surface area contributed by atoms with Crippen LogP contribution in [0.2, 0.25) is 0 Å². The molecular formula is C45H29N3S. The first-order valence-corrected chi connectivity index (χ1v) is 17.2. The zero-order valence-electron chi connectivity index (χ0n) is 26.5. The third-order valence-corrected chi connectivity index (χ3v) is 10.1. The fourth-order valence-electron chi connectivity index (χ4n) is 6.37. The number of rotatable bonds is 6. The van der Waals surface area contributed by atoms with E-state index in [1.807, 2.05) is 47.7 Å². The second kappa shape index (κ2) is 12.4. The quantitative estimate of drug-likeness (QED) is 0.181. The van der Waals surface area contributed by atoms with Crippen LogP contribution >= 0.6 is 11.3 Å². The molecule has 3 nitrogen and oxygen atoms in total. The normalized spacial score (nSPS) is 11.3. The van der Waals surface area contributed by atoms with Gasteiger partial charge in [-0.05, 0) is 45.5 Å². The number of thiophene rings is 1. The number of benzene rings is 7. The van der Waals surface area contributed by atoms with Crippen molar-refractivity contribution in [2.45, 2.75) is 0 Å². The summed E-state index contributed by atoms with van der Waals surface area (Å²) in [6.45, 7) is 0. The van der Waals surface area contributed by atoms with Crippen LogP contribution in [0.1, 0.15) is 0 Å². The van der Waals surface area contributed by atoms with E-state index in [1.165, 1.54) is 48.0 Å². The molecule has 0 atom stereocenters. The zero-order valence-corrected chi connectivity index (χ0v) is 27.3. The van der Waals surface area contributed by atoms with Crippen molar-refractivity contribution in [2.24, 2.45) is 0 Å². The molecule has 7 aromatic carbocycles. The van der Waals surface area contributed by atoms with Gasteiger partial charge in [-0.1, -0.05) is 164 Å². The van der Waals surface area contributed by atoms with Gasteiger partial charge < -0.3 is 0 Å². The molecule has 0 unspecified atom stereocenters. The first-order chi connectivity index (χ1) is 24.2. The maximum Gasteiger partial charge on any atom is 0.164 e. The fourth-order valence-corrected chi connectivity index (χ4v) is 7.56. The molecule has 0 radical (unpaired) electrons. The average Bonchev–Trinajstić information content (AvgIpc) is 3.56. The minimum absolute atomic E-state index is 0.652. The van der Waals surface area contributed by atoms with Crippen LogP contribution in [0, 0.1) is 0 Å². The first kappa shape index (κ1) is 29.0. The number of hydrogen-bond acceptors (Lipinski definition) is 4. The van der Waals surface area contributed by atoms with Crippen molar-refractivity contribution in [1.29, 1.82) is 0 Å². The van der Waals surface area contributed by atoms with Gasteiger partial charge in [-0.25, -0.2) is 15.0 Å². The second-order valence-corrected chi connectivity index (χ2v) is 13.2. The van der Waals surface area contributed by atoms with E-state index in [-0.39, 0.29) is 0 Å². The van der Waals surface area contributed by atoms with Gasteiger partial charge in [-0.3, -0.25) is 0 Å². The molecule has 4 heteroatoms. The average molecular weight is 644 g/mol. The molecule has 0 fully saturated rings. The molecule has 2 heterocycles. The Morgan fingerprint density at radius 2 is 0.571 bits per heavy atom. The highest BCUT2D eigenvalue weighted by molar-refractivity contribution is 7.25. The SMILES string of the molecule is c1ccc(-c2ccc(-c3ccc(-c4nc(-c5ccccc5)nc(-c5ccc6c(c5)sc5cc(-c7ccccc7)ccc56)n4)cc3)cc2)cc1. The Balaban J connectivity index is 1.08. The summed E-state index contributed by atoms with van der Waals surface area (Å²) in [6, 6.07) is 61.7. The van der Waals surface area contributed by atoms with Crippen LogP contribution in [0.3, 0.4) is 0 Å². The third-order valence-electron chi connectivity index (χ3n) is 8.97. The maximum absolute atomic E-state index is 5.04. The summed E-state index contributed by atoms with van der Waals surface area (Å²) in [5.74, 6) is 1.97. The van der Waals surface area contributed by atoms with E-state index < -0.39 is 0 Å². The lowest BCUT2D eigenvalue weighted by Gasteiger charge is -2.09. The molecule has 0 N–H and O–H groups in total. The summed E-state index contributed by atoms with van der Waals surface area (Å²) in [6.07, 6.45) is 0. The zero-order chi connectivity index (χ0) is 32.6. The topological polar surface area (TPSA) is 38.7 Å². The van der Waals surface area contributed by atoms with Gasteiger partial charge in [0.05, 0.1) is 0 Å². The lowest BCUT2D eigenvalue weighted by molar-refractivity contribution is 1.07. The van der Waals surface area contributed by atoms with Crippen molar-refractivity contribution in [3.8, 4) is 67.5 Å². The third kappa shape index (κ3) is 5.69.